The first-order valence-electron chi connectivity index (χ1n) is 5.08. The third-order valence-electron chi connectivity index (χ3n) is 2.68. The average molecular weight is 395 g/mol. The zero-order valence-corrected chi connectivity index (χ0v) is 12.3. The molecular weight excluding hydrogens is 383 g/mol. The average Bonchev–Trinajstić information content (AvgIpc) is 2.19. The lowest BCUT2D eigenvalue weighted by Gasteiger charge is -2.33. The summed E-state index contributed by atoms with van der Waals surface area (Å²) in [5.41, 5.74) is 6.36. The number of carbonyl (C=O) groups excluding carboxylic acids is 1. The SMILES string of the molecule is NC1CC(NC(=O)c2cc(I)ccc2Br)C1. The zero-order valence-electron chi connectivity index (χ0n) is 8.54. The van der Waals surface area contributed by atoms with Gasteiger partial charge in [0.05, 0.1) is 5.56 Å². The van der Waals surface area contributed by atoms with Crippen molar-refractivity contribution in [2.75, 3.05) is 0 Å². The number of nitrogens with two attached hydrogens (primary N) is 1. The van der Waals surface area contributed by atoms with Crippen molar-refractivity contribution in [3.8, 4) is 0 Å². The maximum atomic E-state index is 11.9. The molecule has 1 fully saturated rings. The molecule has 0 atom stereocenters. The quantitative estimate of drug-likeness (QED) is 0.756. The Kier molecular flexibility index (Phi) is 3.86. The van der Waals surface area contributed by atoms with Crippen molar-refractivity contribution < 1.29 is 4.79 Å². The minimum absolute atomic E-state index is 0.0257. The summed E-state index contributed by atoms with van der Waals surface area (Å²) in [6, 6.07) is 6.22. The van der Waals surface area contributed by atoms with Gasteiger partial charge in [0.15, 0.2) is 0 Å². The van der Waals surface area contributed by atoms with Gasteiger partial charge in [-0.3, -0.25) is 4.79 Å². The van der Waals surface area contributed by atoms with Gasteiger partial charge in [-0.15, -0.1) is 0 Å². The van der Waals surface area contributed by atoms with Gasteiger partial charge in [0.1, 0.15) is 0 Å². The van der Waals surface area contributed by atoms with E-state index in [2.05, 4.69) is 43.8 Å². The number of halogens is 2. The van der Waals surface area contributed by atoms with Crippen LogP contribution in [-0.2, 0) is 0 Å². The van der Waals surface area contributed by atoms with Crippen molar-refractivity contribution in [3.05, 3.63) is 31.8 Å². The highest BCUT2D eigenvalue weighted by atomic mass is 127. The van der Waals surface area contributed by atoms with Crippen molar-refractivity contribution >= 4 is 44.4 Å². The fourth-order valence-corrected chi connectivity index (χ4v) is 2.63. The molecule has 1 amide bonds. The van der Waals surface area contributed by atoms with E-state index in [-0.39, 0.29) is 18.0 Å². The van der Waals surface area contributed by atoms with E-state index in [1.807, 2.05) is 18.2 Å². The smallest absolute Gasteiger partial charge is 0.252 e. The Hall–Kier alpha value is -0.140. The van der Waals surface area contributed by atoms with Crippen LogP contribution in [0.4, 0.5) is 0 Å². The van der Waals surface area contributed by atoms with Gasteiger partial charge in [-0.25, -0.2) is 0 Å². The third kappa shape index (κ3) is 2.75. The number of carbonyl (C=O) groups is 1. The highest BCUT2D eigenvalue weighted by molar-refractivity contribution is 14.1. The van der Waals surface area contributed by atoms with Crippen molar-refractivity contribution in [3.63, 3.8) is 0 Å². The number of rotatable bonds is 2. The van der Waals surface area contributed by atoms with E-state index < -0.39 is 0 Å². The van der Waals surface area contributed by atoms with Gasteiger partial charge < -0.3 is 11.1 Å². The second-order valence-corrected chi connectivity index (χ2v) is 6.13. The van der Waals surface area contributed by atoms with Crippen molar-refractivity contribution in [2.45, 2.75) is 24.9 Å². The highest BCUT2D eigenvalue weighted by Gasteiger charge is 2.27. The molecule has 0 saturated heterocycles. The Morgan fingerprint density at radius 3 is 2.81 bits per heavy atom. The van der Waals surface area contributed by atoms with E-state index in [0.717, 1.165) is 20.9 Å². The van der Waals surface area contributed by atoms with Gasteiger partial charge in [0, 0.05) is 20.1 Å². The molecule has 3 N–H and O–H groups in total. The topological polar surface area (TPSA) is 55.1 Å². The molecule has 0 spiro atoms. The van der Waals surface area contributed by atoms with Crippen LogP contribution in [0, 0.1) is 3.57 Å². The first-order valence-corrected chi connectivity index (χ1v) is 6.95. The van der Waals surface area contributed by atoms with E-state index in [1.165, 1.54) is 0 Å². The van der Waals surface area contributed by atoms with E-state index in [4.69, 9.17) is 5.73 Å². The minimum atomic E-state index is -0.0257. The van der Waals surface area contributed by atoms with Gasteiger partial charge in [-0.1, -0.05) is 0 Å². The van der Waals surface area contributed by atoms with Crippen molar-refractivity contribution in [1.29, 1.82) is 0 Å². The predicted molar refractivity (Wildman–Crippen MR) is 75.3 cm³/mol. The van der Waals surface area contributed by atoms with Crippen molar-refractivity contribution in [2.24, 2.45) is 5.73 Å². The van der Waals surface area contributed by atoms with E-state index >= 15 is 0 Å². The Labute approximate surface area is 116 Å². The van der Waals surface area contributed by atoms with Crippen molar-refractivity contribution in [1.82, 2.24) is 5.32 Å². The number of nitrogens with one attached hydrogen (secondary N) is 1. The first kappa shape index (κ1) is 12.3. The molecule has 1 aliphatic rings. The highest BCUT2D eigenvalue weighted by Crippen LogP contribution is 2.22. The lowest BCUT2D eigenvalue weighted by Crippen LogP contribution is -2.50. The molecule has 3 nitrogen and oxygen atoms in total. The van der Waals surface area contributed by atoms with Crippen LogP contribution in [0.25, 0.3) is 0 Å². The maximum Gasteiger partial charge on any atom is 0.252 e. The van der Waals surface area contributed by atoms with Crippen LogP contribution in [0.2, 0.25) is 0 Å². The molecular formula is C11H12BrIN2O. The van der Waals surface area contributed by atoms with E-state index in [1.54, 1.807) is 0 Å². The Morgan fingerprint density at radius 2 is 2.19 bits per heavy atom. The molecule has 0 radical (unpaired) electrons. The molecule has 1 aromatic rings. The molecule has 1 aliphatic carbocycles. The summed E-state index contributed by atoms with van der Waals surface area (Å²) in [6.45, 7) is 0. The molecule has 2 rings (SSSR count). The van der Waals surface area contributed by atoms with Gasteiger partial charge >= 0.3 is 0 Å². The summed E-state index contributed by atoms with van der Waals surface area (Å²) in [5.74, 6) is -0.0257. The molecule has 0 heterocycles. The number of hydrogen-bond donors (Lipinski definition) is 2. The number of benzene rings is 1. The number of hydrogen-bond acceptors (Lipinski definition) is 2. The third-order valence-corrected chi connectivity index (χ3v) is 4.05. The summed E-state index contributed by atoms with van der Waals surface area (Å²) in [6.07, 6.45) is 1.76. The Morgan fingerprint density at radius 1 is 1.50 bits per heavy atom. The molecule has 16 heavy (non-hydrogen) atoms. The number of amides is 1. The zero-order chi connectivity index (χ0) is 11.7. The van der Waals surface area contributed by atoms with Crippen LogP contribution < -0.4 is 11.1 Å². The second kappa shape index (κ2) is 5.01. The monoisotopic (exact) mass is 394 g/mol. The molecule has 86 valence electrons. The minimum Gasteiger partial charge on any atom is -0.349 e. The summed E-state index contributed by atoms with van der Waals surface area (Å²) in [7, 11) is 0. The van der Waals surface area contributed by atoms with E-state index in [0.29, 0.717) is 5.56 Å². The van der Waals surface area contributed by atoms with Crippen LogP contribution in [0.15, 0.2) is 22.7 Å². The molecule has 5 heteroatoms. The van der Waals surface area contributed by atoms with Gasteiger partial charge in [-0.05, 0) is 69.6 Å². The molecule has 0 aromatic heterocycles. The largest absolute Gasteiger partial charge is 0.349 e. The van der Waals surface area contributed by atoms with Gasteiger partial charge in [-0.2, -0.15) is 0 Å². The van der Waals surface area contributed by atoms with Crippen LogP contribution in [0.1, 0.15) is 23.2 Å². The van der Waals surface area contributed by atoms with Crippen LogP contribution in [-0.4, -0.2) is 18.0 Å². The van der Waals surface area contributed by atoms with Gasteiger partial charge in [0.25, 0.3) is 5.91 Å². The van der Waals surface area contributed by atoms with Crippen LogP contribution >= 0.6 is 38.5 Å². The van der Waals surface area contributed by atoms with Gasteiger partial charge in [0.2, 0.25) is 0 Å². The standard InChI is InChI=1S/C11H12BrIN2O/c12-10-2-1-6(13)3-9(10)11(16)15-8-4-7(14)5-8/h1-3,7-8H,4-5,14H2,(H,15,16). The van der Waals surface area contributed by atoms with E-state index in [9.17, 15) is 4.79 Å². The molecule has 0 bridgehead atoms. The second-order valence-electron chi connectivity index (χ2n) is 4.03. The normalized spacial score (nSPS) is 23.7. The summed E-state index contributed by atoms with van der Waals surface area (Å²) in [5, 5.41) is 2.98. The Bertz CT molecular complexity index is 418. The first-order chi connectivity index (χ1) is 7.56. The molecule has 1 aromatic carbocycles. The molecule has 0 aliphatic heterocycles. The molecule has 1 saturated carbocycles. The fraction of sp³-hybridized carbons (Fsp3) is 0.364. The summed E-state index contributed by atoms with van der Waals surface area (Å²) >= 11 is 5.58. The summed E-state index contributed by atoms with van der Waals surface area (Å²) < 4.78 is 1.88. The van der Waals surface area contributed by atoms with Crippen LogP contribution in [0.3, 0.4) is 0 Å². The fourth-order valence-electron chi connectivity index (χ4n) is 1.71. The predicted octanol–water partition coefficient (Wildman–Crippen LogP) is 2.27. The maximum absolute atomic E-state index is 11.9. The lowest BCUT2D eigenvalue weighted by molar-refractivity contribution is 0.0909. The lowest BCUT2D eigenvalue weighted by atomic mass is 9.87. The Balaban J connectivity index is 2.05. The summed E-state index contributed by atoms with van der Waals surface area (Å²) in [4.78, 5) is 11.9. The van der Waals surface area contributed by atoms with Crippen LogP contribution in [0.5, 0.6) is 0 Å². The molecule has 0 unspecified atom stereocenters.